The van der Waals surface area contributed by atoms with Crippen LogP contribution in [0.5, 0.6) is 0 Å². The zero-order valence-electron chi connectivity index (χ0n) is 11.8. The molecule has 0 radical (unpaired) electrons. The van der Waals surface area contributed by atoms with Gasteiger partial charge in [0.25, 0.3) is 5.91 Å². The highest BCUT2D eigenvalue weighted by molar-refractivity contribution is 7.17. The summed E-state index contributed by atoms with van der Waals surface area (Å²) in [5, 5.41) is 7.91. The van der Waals surface area contributed by atoms with Crippen molar-refractivity contribution >= 4 is 28.8 Å². The van der Waals surface area contributed by atoms with Crippen LogP contribution in [0.2, 0.25) is 4.47 Å². The van der Waals surface area contributed by atoms with Gasteiger partial charge in [0.1, 0.15) is 0 Å². The van der Waals surface area contributed by atoms with E-state index in [2.05, 4.69) is 15.1 Å². The first-order chi connectivity index (χ1) is 10.2. The van der Waals surface area contributed by atoms with E-state index < -0.39 is 0 Å². The Morgan fingerprint density at radius 3 is 2.57 bits per heavy atom. The third-order valence-corrected chi connectivity index (χ3v) is 5.11. The number of hydrogen-bond acceptors (Lipinski definition) is 6. The van der Waals surface area contributed by atoms with Crippen LogP contribution in [0.3, 0.4) is 0 Å². The first-order valence-corrected chi connectivity index (χ1v) is 8.50. The largest absolute Gasteiger partial charge is 0.379 e. The minimum atomic E-state index is -0.0378. The number of ether oxygens (including phenoxy) is 1. The van der Waals surface area contributed by atoms with Gasteiger partial charge in [-0.2, -0.15) is 0 Å². The molecule has 3 rings (SSSR count). The molecular formula is C13H19ClN4O2S. The highest BCUT2D eigenvalue weighted by Crippen LogP contribution is 2.22. The second-order valence-corrected chi connectivity index (χ2v) is 7.07. The molecule has 116 valence electrons. The maximum atomic E-state index is 12.3. The summed E-state index contributed by atoms with van der Waals surface area (Å²) in [6.45, 7) is 6.46. The maximum Gasteiger partial charge on any atom is 0.284 e. The van der Waals surface area contributed by atoms with E-state index in [9.17, 15) is 4.79 Å². The minimum Gasteiger partial charge on any atom is -0.379 e. The molecule has 0 unspecified atom stereocenters. The zero-order chi connectivity index (χ0) is 14.7. The molecular weight excluding hydrogens is 312 g/mol. The highest BCUT2D eigenvalue weighted by atomic mass is 35.5. The van der Waals surface area contributed by atoms with E-state index in [1.165, 1.54) is 0 Å². The zero-order valence-corrected chi connectivity index (χ0v) is 13.4. The molecule has 0 saturated carbocycles. The number of rotatable bonds is 3. The van der Waals surface area contributed by atoms with Gasteiger partial charge in [-0.3, -0.25) is 9.69 Å². The molecule has 2 aliphatic rings. The molecule has 21 heavy (non-hydrogen) atoms. The van der Waals surface area contributed by atoms with E-state index in [-0.39, 0.29) is 5.91 Å². The Labute approximate surface area is 133 Å². The van der Waals surface area contributed by atoms with Crippen LogP contribution in [0.1, 0.15) is 22.6 Å². The van der Waals surface area contributed by atoms with E-state index in [0.717, 1.165) is 70.1 Å². The van der Waals surface area contributed by atoms with E-state index in [0.29, 0.717) is 15.4 Å². The topological polar surface area (TPSA) is 58.6 Å². The lowest BCUT2D eigenvalue weighted by atomic mass is 9.96. The van der Waals surface area contributed by atoms with Crippen molar-refractivity contribution in [2.24, 2.45) is 5.92 Å². The number of carbonyl (C=O) groups excluding carboxylic acids is 1. The number of likely N-dealkylation sites (tertiary alicyclic amines) is 1. The molecule has 0 aromatic carbocycles. The van der Waals surface area contributed by atoms with Crippen molar-refractivity contribution in [2.75, 3.05) is 45.9 Å². The molecule has 2 fully saturated rings. The second-order valence-electron chi connectivity index (χ2n) is 5.51. The number of piperidine rings is 1. The molecule has 6 nitrogen and oxygen atoms in total. The molecule has 0 aliphatic carbocycles. The van der Waals surface area contributed by atoms with Gasteiger partial charge in [0.2, 0.25) is 9.47 Å². The molecule has 3 heterocycles. The van der Waals surface area contributed by atoms with Crippen LogP contribution in [0.25, 0.3) is 0 Å². The van der Waals surface area contributed by atoms with Gasteiger partial charge in [-0.25, -0.2) is 0 Å². The average Bonchev–Trinajstić information content (AvgIpc) is 2.95. The summed E-state index contributed by atoms with van der Waals surface area (Å²) in [6.07, 6.45) is 2.10. The molecule has 1 aromatic rings. The Balaban J connectivity index is 1.47. The molecule has 1 amide bonds. The van der Waals surface area contributed by atoms with Crippen molar-refractivity contribution in [2.45, 2.75) is 12.8 Å². The minimum absolute atomic E-state index is 0.0378. The molecule has 1 aromatic heterocycles. The fourth-order valence-electron chi connectivity index (χ4n) is 2.89. The van der Waals surface area contributed by atoms with Crippen molar-refractivity contribution in [1.29, 1.82) is 0 Å². The van der Waals surface area contributed by atoms with Crippen molar-refractivity contribution in [1.82, 2.24) is 20.0 Å². The van der Waals surface area contributed by atoms with E-state index >= 15 is 0 Å². The summed E-state index contributed by atoms with van der Waals surface area (Å²) in [4.78, 5) is 16.6. The van der Waals surface area contributed by atoms with Gasteiger partial charge in [0.15, 0.2) is 0 Å². The maximum absolute atomic E-state index is 12.3. The summed E-state index contributed by atoms with van der Waals surface area (Å²) < 4.78 is 5.69. The van der Waals surface area contributed by atoms with Crippen molar-refractivity contribution in [3.05, 3.63) is 9.47 Å². The summed E-state index contributed by atoms with van der Waals surface area (Å²) in [5.41, 5.74) is 0. The average molecular weight is 331 g/mol. The number of aromatic nitrogens is 2. The van der Waals surface area contributed by atoms with Crippen molar-refractivity contribution in [3.63, 3.8) is 0 Å². The van der Waals surface area contributed by atoms with E-state index in [4.69, 9.17) is 16.3 Å². The Bertz CT molecular complexity index is 484. The van der Waals surface area contributed by atoms with Crippen LogP contribution in [-0.4, -0.2) is 71.8 Å². The lowest BCUT2D eigenvalue weighted by Crippen LogP contribution is -2.44. The van der Waals surface area contributed by atoms with Gasteiger partial charge in [-0.1, -0.05) is 11.3 Å². The van der Waals surface area contributed by atoms with Crippen LogP contribution in [0.15, 0.2) is 0 Å². The lowest BCUT2D eigenvalue weighted by Gasteiger charge is -2.35. The van der Waals surface area contributed by atoms with Gasteiger partial charge < -0.3 is 9.64 Å². The standard InChI is InChI=1S/C13H19ClN4O2S/c14-13-16-15-11(21-13)12(19)18-3-1-10(2-4-18)9-17-5-7-20-8-6-17/h10H,1-9H2. The normalized spacial score (nSPS) is 21.7. The molecule has 0 atom stereocenters. The van der Waals surface area contributed by atoms with Gasteiger partial charge >= 0.3 is 0 Å². The van der Waals surface area contributed by atoms with Crippen LogP contribution < -0.4 is 0 Å². The Hall–Kier alpha value is -0.760. The predicted molar refractivity (Wildman–Crippen MR) is 80.8 cm³/mol. The molecule has 2 saturated heterocycles. The first kappa shape index (κ1) is 15.1. The van der Waals surface area contributed by atoms with Crippen LogP contribution in [-0.2, 0) is 4.74 Å². The number of hydrogen-bond donors (Lipinski definition) is 0. The number of halogens is 1. The predicted octanol–water partition coefficient (Wildman–Crippen LogP) is 1.38. The SMILES string of the molecule is O=C(c1nnc(Cl)s1)N1CCC(CN2CCOCC2)CC1. The molecule has 0 N–H and O–H groups in total. The second kappa shape index (κ2) is 7.00. The Morgan fingerprint density at radius 1 is 1.24 bits per heavy atom. The smallest absolute Gasteiger partial charge is 0.284 e. The number of carbonyl (C=O) groups is 1. The number of amides is 1. The number of morpholine rings is 1. The molecule has 0 spiro atoms. The monoisotopic (exact) mass is 330 g/mol. The van der Waals surface area contributed by atoms with Crippen LogP contribution in [0, 0.1) is 5.92 Å². The Kier molecular flexibility index (Phi) is 5.05. The Morgan fingerprint density at radius 2 is 1.95 bits per heavy atom. The lowest BCUT2D eigenvalue weighted by molar-refractivity contribution is 0.0242. The summed E-state index contributed by atoms with van der Waals surface area (Å²) in [5.74, 6) is 0.634. The fourth-order valence-corrected chi connectivity index (χ4v) is 3.69. The van der Waals surface area contributed by atoms with Gasteiger partial charge in [-0.15, -0.1) is 10.2 Å². The quantitative estimate of drug-likeness (QED) is 0.838. The summed E-state index contributed by atoms with van der Waals surface area (Å²) in [7, 11) is 0. The summed E-state index contributed by atoms with van der Waals surface area (Å²) in [6, 6.07) is 0. The summed E-state index contributed by atoms with van der Waals surface area (Å²) >= 11 is 6.88. The van der Waals surface area contributed by atoms with Crippen LogP contribution >= 0.6 is 22.9 Å². The first-order valence-electron chi connectivity index (χ1n) is 7.31. The van der Waals surface area contributed by atoms with E-state index in [1.54, 1.807) is 0 Å². The molecule has 8 heteroatoms. The fraction of sp³-hybridized carbons (Fsp3) is 0.769. The number of nitrogens with zero attached hydrogens (tertiary/aromatic N) is 4. The van der Waals surface area contributed by atoms with E-state index in [1.807, 2.05) is 4.90 Å². The highest BCUT2D eigenvalue weighted by Gasteiger charge is 2.27. The van der Waals surface area contributed by atoms with Crippen molar-refractivity contribution in [3.8, 4) is 0 Å². The molecule has 0 bridgehead atoms. The van der Waals surface area contributed by atoms with Gasteiger partial charge in [-0.05, 0) is 30.4 Å². The third kappa shape index (κ3) is 3.91. The molecule has 2 aliphatic heterocycles. The van der Waals surface area contributed by atoms with Gasteiger partial charge in [0.05, 0.1) is 13.2 Å². The van der Waals surface area contributed by atoms with Crippen LogP contribution in [0.4, 0.5) is 0 Å². The van der Waals surface area contributed by atoms with Crippen molar-refractivity contribution < 1.29 is 9.53 Å². The van der Waals surface area contributed by atoms with Gasteiger partial charge in [0, 0.05) is 32.7 Å². The third-order valence-electron chi connectivity index (χ3n) is 4.11.